The molecule has 0 spiro atoms. The van der Waals surface area contributed by atoms with Crippen LogP contribution in [0.3, 0.4) is 0 Å². The van der Waals surface area contributed by atoms with Gasteiger partial charge in [0.15, 0.2) is 0 Å². The Balaban J connectivity index is 0.000000833. The molecule has 13 nitrogen and oxygen atoms in total. The average molecular weight is 600 g/mol. The van der Waals surface area contributed by atoms with Crippen LogP contribution in [0.2, 0.25) is 0 Å². The zero-order chi connectivity index (χ0) is 28.6. The van der Waals surface area contributed by atoms with Gasteiger partial charge in [0.05, 0.1) is 10.6 Å². The number of hydrogen-bond donors (Lipinski definition) is 3. The van der Waals surface area contributed by atoms with Gasteiger partial charge >= 0.3 is 17.8 Å². The number of fused-ring (bicyclic) bond motifs is 1. The normalized spacial score (nSPS) is 10.5. The van der Waals surface area contributed by atoms with Gasteiger partial charge in [0.2, 0.25) is 11.8 Å². The number of aliphatic carboxylic acids is 1. The molecular weight excluding hydrogens is 571 g/mol. The molecule has 3 heterocycles. The van der Waals surface area contributed by atoms with Gasteiger partial charge in [-0.05, 0) is 36.8 Å². The SMILES string of the molecule is CSCc1cccc(-c2cc3nccn3c(NCCCc3ccc([N+](=O)[O-])c(N)n3)n2)c1.O.O.O=C(O)C(F)(F)F. The summed E-state index contributed by atoms with van der Waals surface area (Å²) in [5.41, 5.74) is 10.2. The second-order valence-electron chi connectivity index (χ2n) is 8.05. The summed E-state index contributed by atoms with van der Waals surface area (Å²) in [4.78, 5) is 32.6. The van der Waals surface area contributed by atoms with Crippen LogP contribution in [0.15, 0.2) is 54.9 Å². The van der Waals surface area contributed by atoms with E-state index in [1.54, 1.807) is 24.0 Å². The maximum Gasteiger partial charge on any atom is 0.490 e. The summed E-state index contributed by atoms with van der Waals surface area (Å²) >= 11 is 1.78. The number of rotatable bonds is 9. The molecule has 17 heteroatoms. The first kappa shape index (κ1) is 34.5. The number of carboxylic acid groups (broad SMARTS) is 1. The minimum atomic E-state index is -5.08. The number of carbonyl (C=O) groups is 1. The molecule has 4 rings (SSSR count). The minimum Gasteiger partial charge on any atom is -0.475 e. The Morgan fingerprint density at radius 2 is 1.90 bits per heavy atom. The van der Waals surface area contributed by atoms with E-state index in [-0.39, 0.29) is 22.5 Å². The Bertz CT molecular complexity index is 1470. The van der Waals surface area contributed by atoms with E-state index in [0.29, 0.717) is 18.9 Å². The van der Waals surface area contributed by atoms with Crippen molar-refractivity contribution in [3.63, 3.8) is 0 Å². The van der Waals surface area contributed by atoms with Crippen LogP contribution in [0.25, 0.3) is 16.9 Å². The number of nitrogens with one attached hydrogen (secondary N) is 1. The summed E-state index contributed by atoms with van der Waals surface area (Å²) in [5.74, 6) is -1.15. The van der Waals surface area contributed by atoms with Crippen molar-refractivity contribution < 1.29 is 38.9 Å². The number of imidazole rings is 1. The van der Waals surface area contributed by atoms with Crippen LogP contribution in [0.1, 0.15) is 17.7 Å². The molecule has 0 atom stereocenters. The molecule has 41 heavy (non-hydrogen) atoms. The van der Waals surface area contributed by atoms with Gasteiger partial charge in [0.25, 0.3) is 0 Å². The predicted molar refractivity (Wildman–Crippen MR) is 149 cm³/mol. The molecule has 0 radical (unpaired) electrons. The van der Waals surface area contributed by atoms with Crippen LogP contribution in [0.4, 0.5) is 30.6 Å². The lowest BCUT2D eigenvalue weighted by Gasteiger charge is -2.11. The van der Waals surface area contributed by atoms with Gasteiger partial charge in [-0.3, -0.25) is 14.5 Å². The van der Waals surface area contributed by atoms with Crippen molar-refractivity contribution in [2.45, 2.75) is 24.8 Å². The topological polar surface area (TPSA) is 225 Å². The number of aromatic nitrogens is 4. The third-order valence-electron chi connectivity index (χ3n) is 5.22. The third kappa shape index (κ3) is 9.59. The molecule has 8 N–H and O–H groups in total. The van der Waals surface area contributed by atoms with E-state index in [2.05, 4.69) is 39.7 Å². The fourth-order valence-corrected chi connectivity index (χ4v) is 3.97. The number of pyridine rings is 1. The first-order chi connectivity index (χ1) is 18.5. The van der Waals surface area contributed by atoms with Crippen LogP contribution in [-0.4, -0.2) is 65.3 Å². The van der Waals surface area contributed by atoms with Gasteiger partial charge in [0.1, 0.15) is 5.65 Å². The zero-order valence-electron chi connectivity index (χ0n) is 21.6. The maximum atomic E-state index is 10.9. The van der Waals surface area contributed by atoms with Crippen molar-refractivity contribution in [3.05, 3.63) is 76.2 Å². The first-order valence-electron chi connectivity index (χ1n) is 11.4. The molecule has 0 aliphatic carbocycles. The molecule has 0 unspecified atom stereocenters. The van der Waals surface area contributed by atoms with Gasteiger partial charge in [-0.15, -0.1) is 0 Å². The third-order valence-corrected chi connectivity index (χ3v) is 5.84. The molecule has 222 valence electrons. The summed E-state index contributed by atoms with van der Waals surface area (Å²) < 4.78 is 33.7. The lowest BCUT2D eigenvalue weighted by atomic mass is 10.1. The van der Waals surface area contributed by atoms with E-state index < -0.39 is 17.1 Å². The van der Waals surface area contributed by atoms with E-state index in [0.717, 1.165) is 34.8 Å². The second-order valence-corrected chi connectivity index (χ2v) is 8.92. The molecule has 0 saturated heterocycles. The second kappa shape index (κ2) is 15.3. The Kier molecular flexibility index (Phi) is 12.9. The number of nitrogens with zero attached hydrogens (tertiary/aromatic N) is 5. The van der Waals surface area contributed by atoms with E-state index in [9.17, 15) is 23.3 Å². The average Bonchev–Trinajstić information content (AvgIpc) is 3.35. The Hall–Kier alpha value is -4.48. The van der Waals surface area contributed by atoms with E-state index in [1.165, 1.54) is 11.6 Å². The van der Waals surface area contributed by atoms with Crippen LogP contribution in [-0.2, 0) is 17.0 Å². The van der Waals surface area contributed by atoms with Gasteiger partial charge in [-0.2, -0.15) is 24.9 Å². The highest BCUT2D eigenvalue weighted by Gasteiger charge is 2.38. The number of alkyl halides is 3. The smallest absolute Gasteiger partial charge is 0.475 e. The van der Waals surface area contributed by atoms with Gasteiger partial charge in [0, 0.05) is 48.1 Å². The number of nitrogens with two attached hydrogens (primary N) is 1. The molecular formula is C24H28F3N7O6S. The van der Waals surface area contributed by atoms with Crippen molar-refractivity contribution in [1.82, 2.24) is 19.4 Å². The van der Waals surface area contributed by atoms with Crippen LogP contribution in [0.5, 0.6) is 0 Å². The highest BCUT2D eigenvalue weighted by atomic mass is 32.2. The van der Waals surface area contributed by atoms with Gasteiger partial charge in [-0.25, -0.2) is 19.7 Å². The van der Waals surface area contributed by atoms with Crippen LogP contribution >= 0.6 is 11.8 Å². The summed E-state index contributed by atoms with van der Waals surface area (Å²) in [6.45, 7) is 0.648. The van der Waals surface area contributed by atoms with Gasteiger partial charge in [-0.1, -0.05) is 18.2 Å². The molecule has 0 amide bonds. The number of aryl methyl sites for hydroxylation is 1. The molecule has 3 aromatic heterocycles. The van der Waals surface area contributed by atoms with Crippen molar-refractivity contribution in [2.75, 3.05) is 23.9 Å². The number of nitrogen functional groups attached to an aromatic ring is 1. The molecule has 4 aromatic rings. The number of nitro groups is 1. The molecule has 0 fully saturated rings. The molecule has 0 bridgehead atoms. The summed E-state index contributed by atoms with van der Waals surface area (Å²) in [6.07, 6.45) is 2.02. The quantitative estimate of drug-likeness (QED) is 0.145. The van der Waals surface area contributed by atoms with Crippen molar-refractivity contribution in [1.29, 1.82) is 0 Å². The zero-order valence-corrected chi connectivity index (χ0v) is 22.4. The maximum absolute atomic E-state index is 10.9. The number of halogens is 3. The summed E-state index contributed by atoms with van der Waals surface area (Å²) in [7, 11) is 0. The Labute approximate surface area is 235 Å². The largest absolute Gasteiger partial charge is 0.490 e. The monoisotopic (exact) mass is 599 g/mol. The van der Waals surface area contributed by atoms with Crippen molar-refractivity contribution in [2.24, 2.45) is 0 Å². The van der Waals surface area contributed by atoms with Gasteiger partial charge < -0.3 is 27.1 Å². The number of carboxylic acids is 1. The van der Waals surface area contributed by atoms with E-state index in [1.807, 2.05) is 22.7 Å². The lowest BCUT2D eigenvalue weighted by molar-refractivity contribution is -0.384. The van der Waals surface area contributed by atoms with Crippen LogP contribution < -0.4 is 11.1 Å². The molecule has 1 aromatic carbocycles. The fourth-order valence-electron chi connectivity index (χ4n) is 3.46. The number of benzene rings is 1. The number of hydrogen-bond acceptors (Lipinski definition) is 9. The number of anilines is 2. The van der Waals surface area contributed by atoms with Crippen molar-refractivity contribution in [3.8, 4) is 11.3 Å². The number of thioether (sulfide) groups is 1. The minimum absolute atomic E-state index is 0. The molecule has 0 aliphatic rings. The van der Waals surface area contributed by atoms with Crippen molar-refractivity contribution >= 4 is 40.8 Å². The molecule has 0 aliphatic heterocycles. The Morgan fingerprint density at radius 1 is 1.20 bits per heavy atom. The molecule has 0 saturated carbocycles. The highest BCUT2D eigenvalue weighted by Crippen LogP contribution is 2.24. The summed E-state index contributed by atoms with van der Waals surface area (Å²) in [5, 5.41) is 21.4. The lowest BCUT2D eigenvalue weighted by Crippen LogP contribution is -2.21. The van der Waals surface area contributed by atoms with Crippen LogP contribution in [0, 0.1) is 10.1 Å². The standard InChI is InChI=1S/C22H23N7O2S.C2HF3O2.2H2O/c1-32-14-15-4-2-5-16(12-15)18-13-20-24-10-11-28(20)22(27-18)25-9-3-6-17-7-8-19(29(30)31)21(23)26-17;3-2(4,5)1(6)7;;/h2,4-5,7-8,10-13H,3,6,9,14H2,1H3,(H2,23,26)(H,25,27);(H,6,7);2*1H2. The highest BCUT2D eigenvalue weighted by molar-refractivity contribution is 7.97. The fraction of sp³-hybridized carbons (Fsp3) is 0.250. The van der Waals surface area contributed by atoms with E-state index in [4.69, 9.17) is 20.6 Å². The summed E-state index contributed by atoms with van der Waals surface area (Å²) in [6, 6.07) is 13.4. The first-order valence-corrected chi connectivity index (χ1v) is 12.7. The van der Waals surface area contributed by atoms with E-state index >= 15 is 0 Å². The Morgan fingerprint density at radius 3 is 2.51 bits per heavy atom. The predicted octanol–water partition coefficient (Wildman–Crippen LogP) is 3.17.